The first-order valence-corrected chi connectivity index (χ1v) is 6.02. The van der Waals surface area contributed by atoms with Crippen molar-refractivity contribution < 1.29 is 32.2 Å². The van der Waals surface area contributed by atoms with Crippen LogP contribution in [0.5, 0.6) is 0 Å². The minimum atomic E-state index is -4.75. The lowest BCUT2D eigenvalue weighted by atomic mass is 9.97. The van der Waals surface area contributed by atoms with Crippen LogP contribution in [0, 0.1) is 0 Å². The number of aliphatic hydroxyl groups is 2. The summed E-state index contributed by atoms with van der Waals surface area (Å²) in [6.45, 7) is -0.996. The highest BCUT2D eigenvalue weighted by atomic mass is 19.4. The van der Waals surface area contributed by atoms with E-state index in [0.717, 1.165) is 6.07 Å². The Balaban J connectivity index is 3.09. The zero-order valence-electron chi connectivity index (χ0n) is 10.6. The topological polar surface area (TPSA) is 40.5 Å². The van der Waals surface area contributed by atoms with E-state index in [0.29, 0.717) is 12.1 Å². The normalized spacial score (nSPS) is 12.8. The van der Waals surface area contributed by atoms with Gasteiger partial charge in [0.1, 0.15) is 0 Å². The first-order valence-electron chi connectivity index (χ1n) is 6.02. The van der Waals surface area contributed by atoms with Crippen molar-refractivity contribution in [3.63, 3.8) is 0 Å². The Hall–Kier alpha value is -1.21. The molecule has 0 amide bonds. The summed E-state index contributed by atoms with van der Waals surface area (Å²) < 4.78 is 65.5. The van der Waals surface area contributed by atoms with Crippen molar-refractivity contribution in [1.29, 1.82) is 0 Å². The fourth-order valence-electron chi connectivity index (χ4n) is 1.76. The lowest BCUT2D eigenvalue weighted by Gasteiger charge is -2.19. The second-order valence-electron chi connectivity index (χ2n) is 4.46. The van der Waals surface area contributed by atoms with E-state index in [1.807, 2.05) is 0 Å². The van der Waals surface area contributed by atoms with E-state index in [9.17, 15) is 22.0 Å². The maximum absolute atomic E-state index is 13.8. The molecule has 0 saturated carbocycles. The van der Waals surface area contributed by atoms with E-state index in [-0.39, 0.29) is 25.0 Å². The van der Waals surface area contributed by atoms with Gasteiger partial charge >= 0.3 is 6.18 Å². The molecule has 0 aliphatic heterocycles. The maximum Gasteiger partial charge on any atom is 0.416 e. The fraction of sp³-hybridized carbons (Fsp3) is 0.538. The smallest absolute Gasteiger partial charge is 0.396 e. The third kappa shape index (κ3) is 4.42. The molecule has 0 aromatic heterocycles. The fourth-order valence-corrected chi connectivity index (χ4v) is 1.76. The van der Waals surface area contributed by atoms with Crippen LogP contribution in [0.15, 0.2) is 18.2 Å². The van der Waals surface area contributed by atoms with E-state index in [1.165, 1.54) is 0 Å². The molecule has 20 heavy (non-hydrogen) atoms. The second kappa shape index (κ2) is 6.49. The Morgan fingerprint density at radius 2 is 1.45 bits per heavy atom. The summed E-state index contributed by atoms with van der Waals surface area (Å²) in [5.74, 6) is -3.43. The van der Waals surface area contributed by atoms with Gasteiger partial charge in [0.25, 0.3) is 5.92 Å². The molecule has 7 heteroatoms. The summed E-state index contributed by atoms with van der Waals surface area (Å²) in [5.41, 5.74) is -2.19. The molecule has 1 aromatic carbocycles. The number of alkyl halides is 5. The first kappa shape index (κ1) is 16.8. The molecule has 1 rings (SSSR count). The molecule has 2 N–H and O–H groups in total. The second-order valence-corrected chi connectivity index (χ2v) is 4.46. The van der Waals surface area contributed by atoms with Gasteiger partial charge in [-0.05, 0) is 36.6 Å². The largest absolute Gasteiger partial charge is 0.416 e. The van der Waals surface area contributed by atoms with Crippen molar-refractivity contribution in [2.75, 3.05) is 6.61 Å². The summed E-state index contributed by atoms with van der Waals surface area (Å²) in [6, 6.07) is 1.92. The van der Waals surface area contributed by atoms with Gasteiger partial charge in [-0.15, -0.1) is 0 Å². The molecule has 1 aromatic rings. The SMILES string of the molecule is OCCCCC(F)(F)c1cc(CO)cc(C(F)(F)F)c1. The van der Waals surface area contributed by atoms with Gasteiger partial charge in [-0.1, -0.05) is 0 Å². The molecule has 0 atom stereocenters. The molecule has 0 aliphatic carbocycles. The van der Waals surface area contributed by atoms with Crippen LogP contribution in [0.4, 0.5) is 22.0 Å². The maximum atomic E-state index is 13.8. The lowest BCUT2D eigenvalue weighted by Crippen LogP contribution is -2.16. The molecule has 0 saturated heterocycles. The van der Waals surface area contributed by atoms with Crippen LogP contribution in [0.2, 0.25) is 0 Å². The molecular weight excluding hydrogens is 283 g/mol. The van der Waals surface area contributed by atoms with Crippen molar-refractivity contribution in [3.05, 3.63) is 34.9 Å². The number of rotatable bonds is 6. The zero-order valence-corrected chi connectivity index (χ0v) is 10.6. The molecule has 0 spiro atoms. The highest BCUT2D eigenvalue weighted by molar-refractivity contribution is 5.34. The number of benzene rings is 1. The number of hydrogen-bond donors (Lipinski definition) is 2. The van der Waals surface area contributed by atoms with Gasteiger partial charge in [0.15, 0.2) is 0 Å². The molecule has 0 heterocycles. The molecule has 0 aliphatic rings. The Morgan fingerprint density at radius 3 is 1.95 bits per heavy atom. The number of unbranched alkanes of at least 4 members (excludes halogenated alkanes) is 1. The van der Waals surface area contributed by atoms with Crippen LogP contribution in [0.25, 0.3) is 0 Å². The van der Waals surface area contributed by atoms with Gasteiger partial charge in [0.2, 0.25) is 0 Å². The van der Waals surface area contributed by atoms with Crippen LogP contribution in [-0.4, -0.2) is 16.8 Å². The van der Waals surface area contributed by atoms with E-state index < -0.39 is 36.3 Å². The van der Waals surface area contributed by atoms with Gasteiger partial charge < -0.3 is 10.2 Å². The third-order valence-corrected chi connectivity index (χ3v) is 2.82. The average molecular weight is 298 g/mol. The van der Waals surface area contributed by atoms with Gasteiger partial charge in [0.05, 0.1) is 12.2 Å². The zero-order chi connectivity index (χ0) is 15.4. The van der Waals surface area contributed by atoms with Gasteiger partial charge in [-0.3, -0.25) is 0 Å². The highest BCUT2D eigenvalue weighted by Gasteiger charge is 2.36. The number of hydrogen-bond acceptors (Lipinski definition) is 2. The van der Waals surface area contributed by atoms with Crippen molar-refractivity contribution >= 4 is 0 Å². The van der Waals surface area contributed by atoms with Gasteiger partial charge in [-0.25, -0.2) is 8.78 Å². The van der Waals surface area contributed by atoms with E-state index in [4.69, 9.17) is 10.2 Å². The van der Waals surface area contributed by atoms with Crippen LogP contribution < -0.4 is 0 Å². The third-order valence-electron chi connectivity index (χ3n) is 2.82. The van der Waals surface area contributed by atoms with Crippen LogP contribution in [0.3, 0.4) is 0 Å². The first-order chi connectivity index (χ1) is 9.20. The van der Waals surface area contributed by atoms with E-state index in [1.54, 1.807) is 0 Å². The van der Waals surface area contributed by atoms with Crippen LogP contribution in [0.1, 0.15) is 36.0 Å². The van der Waals surface area contributed by atoms with Gasteiger partial charge in [-0.2, -0.15) is 13.2 Å². The highest BCUT2D eigenvalue weighted by Crippen LogP contribution is 2.38. The molecule has 0 radical (unpaired) electrons. The molecule has 0 bridgehead atoms. The number of aliphatic hydroxyl groups excluding tert-OH is 2. The molecule has 0 unspecified atom stereocenters. The van der Waals surface area contributed by atoms with Crippen LogP contribution in [-0.2, 0) is 18.7 Å². The van der Waals surface area contributed by atoms with Crippen molar-refractivity contribution in [1.82, 2.24) is 0 Å². The van der Waals surface area contributed by atoms with Gasteiger partial charge in [0, 0.05) is 18.6 Å². The predicted molar refractivity (Wildman–Crippen MR) is 62.2 cm³/mol. The minimum absolute atomic E-state index is 0.00575. The predicted octanol–water partition coefficient (Wildman–Crippen LogP) is 3.45. The summed E-state index contributed by atoms with van der Waals surface area (Å²) in [7, 11) is 0. The number of halogens is 5. The molecule has 114 valence electrons. The summed E-state index contributed by atoms with van der Waals surface area (Å²) in [4.78, 5) is 0. The molecule has 2 nitrogen and oxygen atoms in total. The summed E-state index contributed by atoms with van der Waals surface area (Å²) >= 11 is 0. The van der Waals surface area contributed by atoms with E-state index in [2.05, 4.69) is 0 Å². The molecule has 0 fully saturated rings. The summed E-state index contributed by atoms with van der Waals surface area (Å²) in [6.07, 6.45) is -5.25. The Morgan fingerprint density at radius 1 is 0.850 bits per heavy atom. The quantitative estimate of drug-likeness (QED) is 0.624. The lowest BCUT2D eigenvalue weighted by molar-refractivity contribution is -0.137. The summed E-state index contributed by atoms with van der Waals surface area (Å²) in [5, 5.41) is 17.4. The van der Waals surface area contributed by atoms with Crippen LogP contribution >= 0.6 is 0 Å². The standard InChI is InChI=1S/C13H15F5O2/c14-12(15,3-1-2-4-19)10-5-9(8-20)6-11(7-10)13(16,17)18/h5-7,19-20H,1-4,8H2. The molecular formula is C13H15F5O2. The van der Waals surface area contributed by atoms with Crippen molar-refractivity contribution in [2.24, 2.45) is 0 Å². The Labute approximate surface area is 112 Å². The Kier molecular flexibility index (Phi) is 5.47. The van der Waals surface area contributed by atoms with E-state index >= 15 is 0 Å². The van der Waals surface area contributed by atoms with Crippen molar-refractivity contribution in [3.8, 4) is 0 Å². The minimum Gasteiger partial charge on any atom is -0.396 e. The Bertz CT molecular complexity index is 443. The monoisotopic (exact) mass is 298 g/mol. The average Bonchev–Trinajstić information content (AvgIpc) is 2.37. The van der Waals surface area contributed by atoms with Crippen molar-refractivity contribution in [2.45, 2.75) is 38.0 Å².